The van der Waals surface area contributed by atoms with Crippen molar-refractivity contribution in [3.63, 3.8) is 0 Å². The molecule has 0 aliphatic heterocycles. The fourth-order valence-corrected chi connectivity index (χ4v) is 7.13. The van der Waals surface area contributed by atoms with Gasteiger partial charge in [0, 0.05) is 38.2 Å². The predicted octanol–water partition coefficient (Wildman–Crippen LogP) is 11.5. The van der Waals surface area contributed by atoms with Gasteiger partial charge in [-0.05, 0) is 59.7 Å². The molecule has 10 aromatic rings. The topological polar surface area (TPSA) is 56.7 Å². The quantitative estimate of drug-likeness (QED) is 0.188. The lowest BCUT2D eigenvalue weighted by Gasteiger charge is -2.14. The molecule has 0 N–H and O–H groups in total. The van der Waals surface area contributed by atoms with Crippen LogP contribution in [0.5, 0.6) is 0 Å². The molecule has 0 bridgehead atoms. The summed E-state index contributed by atoms with van der Waals surface area (Å²) in [6, 6.07) is 58.6. The second-order valence-corrected chi connectivity index (χ2v) is 12.4. The van der Waals surface area contributed by atoms with Gasteiger partial charge in [0.1, 0.15) is 11.2 Å². The summed E-state index contributed by atoms with van der Waals surface area (Å²) in [7, 11) is 0. The van der Waals surface area contributed by atoms with Crippen LogP contribution in [-0.4, -0.2) is 19.5 Å². The number of nitrogens with zero attached hydrogens (tertiary/aromatic N) is 4. The minimum Gasteiger partial charge on any atom is -0.456 e. The number of aromatic nitrogens is 4. The molecular formula is C45H28N4O. The lowest BCUT2D eigenvalue weighted by molar-refractivity contribution is 0.669. The Morgan fingerprint density at radius 3 is 1.72 bits per heavy atom. The van der Waals surface area contributed by atoms with Crippen LogP contribution in [0.2, 0.25) is 0 Å². The van der Waals surface area contributed by atoms with E-state index in [2.05, 4.69) is 126 Å². The van der Waals surface area contributed by atoms with Crippen LogP contribution in [0.25, 0.3) is 94.7 Å². The normalized spacial score (nSPS) is 11.6. The van der Waals surface area contributed by atoms with Crippen molar-refractivity contribution in [3.05, 3.63) is 170 Å². The Morgan fingerprint density at radius 1 is 0.360 bits per heavy atom. The van der Waals surface area contributed by atoms with E-state index in [1.54, 1.807) is 0 Å². The molecule has 0 spiro atoms. The summed E-state index contributed by atoms with van der Waals surface area (Å²) in [5, 5.41) is 4.62. The van der Waals surface area contributed by atoms with Gasteiger partial charge in [0.05, 0.1) is 16.7 Å². The van der Waals surface area contributed by atoms with Gasteiger partial charge in [0.2, 0.25) is 0 Å². The summed E-state index contributed by atoms with van der Waals surface area (Å²) >= 11 is 0. The molecule has 5 nitrogen and oxygen atoms in total. The summed E-state index contributed by atoms with van der Waals surface area (Å²) < 4.78 is 8.42. The number of fused-ring (bicyclic) bond motifs is 6. The minimum atomic E-state index is 0.613. The van der Waals surface area contributed by atoms with Crippen LogP contribution in [-0.2, 0) is 0 Å². The number of hydrogen-bond acceptors (Lipinski definition) is 4. The molecule has 3 aromatic heterocycles. The van der Waals surface area contributed by atoms with Gasteiger partial charge < -0.3 is 8.98 Å². The van der Waals surface area contributed by atoms with Crippen LogP contribution in [0.4, 0.5) is 0 Å². The maximum Gasteiger partial charge on any atom is 0.166 e. The van der Waals surface area contributed by atoms with Crippen molar-refractivity contribution in [3.8, 4) is 51.0 Å². The highest BCUT2D eigenvalue weighted by Crippen LogP contribution is 2.37. The lowest BCUT2D eigenvalue weighted by atomic mass is 10.0. The van der Waals surface area contributed by atoms with Crippen molar-refractivity contribution in [1.29, 1.82) is 0 Å². The number of para-hydroxylation sites is 4. The molecule has 234 valence electrons. The highest BCUT2D eigenvalue weighted by Gasteiger charge is 2.19. The molecule has 3 heterocycles. The largest absolute Gasteiger partial charge is 0.456 e. The van der Waals surface area contributed by atoms with Gasteiger partial charge in [-0.25, -0.2) is 15.0 Å². The van der Waals surface area contributed by atoms with Crippen LogP contribution in [0, 0.1) is 0 Å². The first-order chi connectivity index (χ1) is 24.8. The molecule has 10 rings (SSSR count). The lowest BCUT2D eigenvalue weighted by Crippen LogP contribution is -2.03. The van der Waals surface area contributed by atoms with E-state index in [0.29, 0.717) is 17.5 Å². The van der Waals surface area contributed by atoms with Crippen molar-refractivity contribution < 1.29 is 4.42 Å². The molecule has 0 aliphatic carbocycles. The predicted molar refractivity (Wildman–Crippen MR) is 203 cm³/mol. The van der Waals surface area contributed by atoms with Crippen LogP contribution in [0.1, 0.15) is 0 Å². The Hall–Kier alpha value is -6.85. The number of benzene rings is 7. The zero-order chi connectivity index (χ0) is 33.0. The number of rotatable bonds is 5. The maximum atomic E-state index is 6.10. The average molecular weight is 641 g/mol. The summed E-state index contributed by atoms with van der Waals surface area (Å²) in [6.07, 6.45) is 0. The fourth-order valence-electron chi connectivity index (χ4n) is 7.13. The first-order valence-corrected chi connectivity index (χ1v) is 16.7. The monoisotopic (exact) mass is 640 g/mol. The molecule has 0 radical (unpaired) electrons. The number of hydrogen-bond donors (Lipinski definition) is 0. The summed E-state index contributed by atoms with van der Waals surface area (Å²) in [6.45, 7) is 0. The first kappa shape index (κ1) is 28.2. The van der Waals surface area contributed by atoms with E-state index in [4.69, 9.17) is 19.4 Å². The molecule has 5 heteroatoms. The SMILES string of the molecule is c1ccc(-c2nc(-c3cccc(-c4ccc5oc6ccccc6c5c4)c3)nc(-c3ccccc3-n3c4ccccc4c4ccccc43)n2)cc1. The van der Waals surface area contributed by atoms with Crippen molar-refractivity contribution in [2.45, 2.75) is 0 Å². The van der Waals surface area contributed by atoms with E-state index >= 15 is 0 Å². The molecule has 0 atom stereocenters. The van der Waals surface area contributed by atoms with Crippen LogP contribution < -0.4 is 0 Å². The highest BCUT2D eigenvalue weighted by molar-refractivity contribution is 6.10. The Morgan fingerprint density at radius 2 is 0.920 bits per heavy atom. The maximum absolute atomic E-state index is 6.10. The van der Waals surface area contributed by atoms with Gasteiger partial charge in [0.25, 0.3) is 0 Å². The molecule has 0 fully saturated rings. The number of furan rings is 1. The Kier molecular flexibility index (Phi) is 6.42. The van der Waals surface area contributed by atoms with E-state index < -0.39 is 0 Å². The fraction of sp³-hybridized carbons (Fsp3) is 0. The third-order valence-corrected chi connectivity index (χ3v) is 9.46. The highest BCUT2D eigenvalue weighted by atomic mass is 16.3. The molecule has 0 aliphatic rings. The third-order valence-electron chi connectivity index (χ3n) is 9.46. The van der Waals surface area contributed by atoms with Gasteiger partial charge in [0.15, 0.2) is 17.5 Å². The third kappa shape index (κ3) is 4.60. The van der Waals surface area contributed by atoms with Crippen LogP contribution >= 0.6 is 0 Å². The second kappa shape index (κ2) is 11.4. The molecule has 0 saturated heterocycles. The molecule has 0 saturated carbocycles. The van der Waals surface area contributed by atoms with Crippen molar-refractivity contribution in [2.24, 2.45) is 0 Å². The van der Waals surface area contributed by atoms with Gasteiger partial charge in [-0.1, -0.05) is 121 Å². The van der Waals surface area contributed by atoms with Gasteiger partial charge in [-0.2, -0.15) is 0 Å². The smallest absolute Gasteiger partial charge is 0.166 e. The molecule has 0 amide bonds. The van der Waals surface area contributed by atoms with E-state index in [-0.39, 0.29) is 0 Å². The first-order valence-electron chi connectivity index (χ1n) is 16.7. The molecule has 7 aromatic carbocycles. The van der Waals surface area contributed by atoms with Crippen molar-refractivity contribution >= 4 is 43.7 Å². The van der Waals surface area contributed by atoms with Gasteiger partial charge >= 0.3 is 0 Å². The van der Waals surface area contributed by atoms with E-state index in [1.165, 1.54) is 10.8 Å². The van der Waals surface area contributed by atoms with Crippen molar-refractivity contribution in [1.82, 2.24) is 19.5 Å². The van der Waals surface area contributed by atoms with E-state index in [1.807, 2.05) is 48.5 Å². The average Bonchev–Trinajstić information content (AvgIpc) is 3.73. The minimum absolute atomic E-state index is 0.613. The van der Waals surface area contributed by atoms with Crippen LogP contribution in [0.3, 0.4) is 0 Å². The van der Waals surface area contributed by atoms with E-state index in [9.17, 15) is 0 Å². The second-order valence-electron chi connectivity index (χ2n) is 12.4. The Balaban J connectivity index is 1.16. The van der Waals surface area contributed by atoms with Crippen molar-refractivity contribution in [2.75, 3.05) is 0 Å². The Labute approximate surface area is 287 Å². The Bertz CT molecular complexity index is 2830. The van der Waals surface area contributed by atoms with Crippen LogP contribution in [0.15, 0.2) is 174 Å². The zero-order valence-electron chi connectivity index (χ0n) is 26.9. The molecule has 50 heavy (non-hydrogen) atoms. The zero-order valence-corrected chi connectivity index (χ0v) is 26.9. The van der Waals surface area contributed by atoms with E-state index in [0.717, 1.165) is 66.5 Å². The van der Waals surface area contributed by atoms with Gasteiger partial charge in [-0.15, -0.1) is 0 Å². The summed E-state index contributed by atoms with van der Waals surface area (Å²) in [4.78, 5) is 15.4. The molecule has 0 unspecified atom stereocenters. The molecular weight excluding hydrogens is 613 g/mol. The summed E-state index contributed by atoms with van der Waals surface area (Å²) in [5.74, 6) is 1.85. The standard InChI is InChI=1S/C45H28N4O/c1-2-13-29(14-3-1)43-46-44(32-16-12-15-30(27-32)31-25-26-42-37(28-31)35-19-7-11-24-41(35)50-42)48-45(47-43)36-20-6-10-23-40(36)49-38-21-8-4-17-33(38)34-18-5-9-22-39(34)49/h1-28H. The van der Waals surface area contributed by atoms with Gasteiger partial charge in [-0.3, -0.25) is 0 Å². The summed E-state index contributed by atoms with van der Waals surface area (Å²) in [5.41, 5.74) is 9.98.